The lowest BCUT2D eigenvalue weighted by molar-refractivity contribution is 0.697. The van der Waals surface area contributed by atoms with E-state index in [1.165, 1.54) is 36.1 Å². The van der Waals surface area contributed by atoms with Crippen molar-refractivity contribution in [2.75, 3.05) is 5.73 Å². The summed E-state index contributed by atoms with van der Waals surface area (Å²) in [7, 11) is 0. The number of thiophene rings is 1. The first-order valence-corrected chi connectivity index (χ1v) is 6.55. The lowest BCUT2D eigenvalue weighted by Crippen LogP contribution is -1.96. The van der Waals surface area contributed by atoms with E-state index >= 15 is 0 Å². The maximum Gasteiger partial charge on any atom is 0.0862 e. The molecule has 0 unspecified atom stereocenters. The van der Waals surface area contributed by atoms with Gasteiger partial charge in [-0.15, -0.1) is 11.3 Å². The van der Waals surface area contributed by atoms with Crippen LogP contribution in [-0.4, -0.2) is 0 Å². The van der Waals surface area contributed by atoms with E-state index in [1.807, 2.05) is 27.7 Å². The van der Waals surface area contributed by atoms with Crippen LogP contribution in [0.4, 0.5) is 5.00 Å². The quantitative estimate of drug-likeness (QED) is 0.684. The lowest BCUT2D eigenvalue weighted by Gasteiger charge is -2.08. The zero-order valence-electron chi connectivity index (χ0n) is 9.89. The van der Waals surface area contributed by atoms with E-state index in [1.54, 1.807) is 11.3 Å². The summed E-state index contributed by atoms with van der Waals surface area (Å²) in [5.74, 6) is 0. The fourth-order valence-corrected chi connectivity index (χ4v) is 2.54. The van der Waals surface area contributed by atoms with Gasteiger partial charge < -0.3 is 5.73 Å². The number of hydrogen-bond donors (Lipinski definition) is 1. The Morgan fingerprint density at radius 1 is 1.07 bits per heavy atom. The molecule has 0 saturated heterocycles. The van der Waals surface area contributed by atoms with Gasteiger partial charge in [0.25, 0.3) is 0 Å². The summed E-state index contributed by atoms with van der Waals surface area (Å²) in [6.45, 7) is 8.00. The minimum atomic E-state index is 0.993. The molecule has 2 heteroatoms. The molecule has 14 heavy (non-hydrogen) atoms. The standard InChI is InChI=1S/C8H11NS.2C2H6/c9-8-5-6-3-1-2-4-7(6)10-8;2*1-2/h5H,1-4,9H2;2*1-2H3. The Balaban J connectivity index is 0.000000379. The van der Waals surface area contributed by atoms with Crippen molar-refractivity contribution in [3.8, 4) is 0 Å². The van der Waals surface area contributed by atoms with E-state index in [2.05, 4.69) is 6.07 Å². The molecule has 0 aromatic carbocycles. The predicted molar refractivity (Wildman–Crippen MR) is 68.1 cm³/mol. The maximum absolute atomic E-state index is 5.68. The zero-order chi connectivity index (χ0) is 11.0. The second kappa shape index (κ2) is 7.86. The van der Waals surface area contributed by atoms with Gasteiger partial charge in [0.15, 0.2) is 0 Å². The van der Waals surface area contributed by atoms with Crippen LogP contribution in [0.1, 0.15) is 51.0 Å². The van der Waals surface area contributed by atoms with Crippen LogP contribution in [0, 0.1) is 0 Å². The SMILES string of the molecule is CC.CC.Nc1cc2c(s1)CCCC2. The molecule has 0 saturated carbocycles. The Bertz CT molecular complexity index is 217. The number of anilines is 1. The summed E-state index contributed by atoms with van der Waals surface area (Å²) < 4.78 is 0. The van der Waals surface area contributed by atoms with Crippen molar-refractivity contribution in [1.82, 2.24) is 0 Å². The van der Waals surface area contributed by atoms with Crippen molar-refractivity contribution in [2.24, 2.45) is 0 Å². The first-order chi connectivity index (χ1) is 6.86. The summed E-state index contributed by atoms with van der Waals surface area (Å²) >= 11 is 1.77. The molecule has 0 aliphatic heterocycles. The predicted octanol–water partition coefficient (Wildman–Crippen LogP) is 4.26. The molecule has 1 aromatic heterocycles. The minimum absolute atomic E-state index is 0.993. The molecule has 0 radical (unpaired) electrons. The topological polar surface area (TPSA) is 26.0 Å². The van der Waals surface area contributed by atoms with Gasteiger partial charge in [0, 0.05) is 4.88 Å². The number of nitrogens with two attached hydrogens (primary N) is 1. The molecule has 0 spiro atoms. The number of aryl methyl sites for hydroxylation is 2. The second-order valence-electron chi connectivity index (χ2n) is 2.80. The molecule has 2 N–H and O–H groups in total. The fraction of sp³-hybridized carbons (Fsp3) is 0.667. The van der Waals surface area contributed by atoms with Crippen molar-refractivity contribution in [3.63, 3.8) is 0 Å². The molecule has 1 aliphatic rings. The van der Waals surface area contributed by atoms with Gasteiger partial charge in [-0.3, -0.25) is 0 Å². The first-order valence-electron chi connectivity index (χ1n) is 5.73. The van der Waals surface area contributed by atoms with Crippen LogP contribution < -0.4 is 5.73 Å². The van der Waals surface area contributed by atoms with E-state index in [-0.39, 0.29) is 0 Å². The Hall–Kier alpha value is -0.500. The van der Waals surface area contributed by atoms with Crippen LogP contribution in [0.25, 0.3) is 0 Å². The lowest BCUT2D eigenvalue weighted by atomic mass is 10.00. The van der Waals surface area contributed by atoms with Crippen LogP contribution in [-0.2, 0) is 12.8 Å². The van der Waals surface area contributed by atoms with Crippen LogP contribution in [0.3, 0.4) is 0 Å². The molecule has 1 nitrogen and oxygen atoms in total. The van der Waals surface area contributed by atoms with Gasteiger partial charge in [0.05, 0.1) is 5.00 Å². The molecule has 1 heterocycles. The summed E-state index contributed by atoms with van der Waals surface area (Å²) in [6, 6.07) is 2.14. The van der Waals surface area contributed by atoms with Gasteiger partial charge >= 0.3 is 0 Å². The zero-order valence-corrected chi connectivity index (χ0v) is 10.7. The van der Waals surface area contributed by atoms with E-state index in [4.69, 9.17) is 5.73 Å². The van der Waals surface area contributed by atoms with E-state index < -0.39 is 0 Å². The highest BCUT2D eigenvalue weighted by Gasteiger charge is 2.11. The summed E-state index contributed by atoms with van der Waals surface area (Å²) in [6.07, 6.45) is 5.22. The third-order valence-corrected chi connectivity index (χ3v) is 3.08. The molecular formula is C12H23NS. The van der Waals surface area contributed by atoms with Gasteiger partial charge in [0.2, 0.25) is 0 Å². The number of rotatable bonds is 0. The molecular weight excluding hydrogens is 190 g/mol. The highest BCUT2D eigenvalue weighted by molar-refractivity contribution is 7.16. The van der Waals surface area contributed by atoms with Gasteiger partial charge in [-0.2, -0.15) is 0 Å². The Kier molecular flexibility index (Phi) is 7.58. The molecule has 0 fully saturated rings. The molecule has 1 aromatic rings. The number of fused-ring (bicyclic) bond motifs is 1. The van der Waals surface area contributed by atoms with Crippen LogP contribution in [0.15, 0.2) is 6.07 Å². The van der Waals surface area contributed by atoms with Crippen molar-refractivity contribution in [1.29, 1.82) is 0 Å². The van der Waals surface area contributed by atoms with Crippen LogP contribution in [0.5, 0.6) is 0 Å². The molecule has 2 rings (SSSR count). The molecule has 0 atom stereocenters. The van der Waals surface area contributed by atoms with Crippen LogP contribution in [0.2, 0.25) is 0 Å². The van der Waals surface area contributed by atoms with Gasteiger partial charge in [-0.25, -0.2) is 0 Å². The number of nitrogen functional groups attached to an aromatic ring is 1. The number of hydrogen-bond acceptors (Lipinski definition) is 2. The van der Waals surface area contributed by atoms with Crippen LogP contribution >= 0.6 is 11.3 Å². The van der Waals surface area contributed by atoms with E-state index in [0.717, 1.165) is 5.00 Å². The summed E-state index contributed by atoms with van der Waals surface area (Å²) in [5.41, 5.74) is 7.18. The Morgan fingerprint density at radius 2 is 1.64 bits per heavy atom. The Labute approximate surface area is 92.3 Å². The monoisotopic (exact) mass is 213 g/mol. The molecule has 1 aliphatic carbocycles. The highest BCUT2D eigenvalue weighted by atomic mass is 32.1. The van der Waals surface area contributed by atoms with Crippen molar-refractivity contribution in [2.45, 2.75) is 53.4 Å². The summed E-state index contributed by atoms with van der Waals surface area (Å²) in [5, 5.41) is 0.993. The average Bonchev–Trinajstić information content (AvgIpc) is 2.64. The normalized spacial score (nSPS) is 12.9. The smallest absolute Gasteiger partial charge is 0.0862 e. The average molecular weight is 213 g/mol. The third-order valence-electron chi connectivity index (χ3n) is 2.02. The van der Waals surface area contributed by atoms with Crippen molar-refractivity contribution >= 4 is 16.3 Å². The molecule has 0 bridgehead atoms. The Morgan fingerprint density at radius 3 is 2.21 bits per heavy atom. The second-order valence-corrected chi connectivity index (χ2v) is 3.97. The first kappa shape index (κ1) is 13.5. The third kappa shape index (κ3) is 3.70. The van der Waals surface area contributed by atoms with Crippen molar-refractivity contribution < 1.29 is 0 Å². The fourth-order valence-electron chi connectivity index (χ4n) is 1.51. The van der Waals surface area contributed by atoms with E-state index in [9.17, 15) is 0 Å². The minimum Gasteiger partial charge on any atom is -0.391 e. The largest absolute Gasteiger partial charge is 0.391 e. The van der Waals surface area contributed by atoms with Gasteiger partial charge in [-0.05, 0) is 37.3 Å². The highest BCUT2D eigenvalue weighted by Crippen LogP contribution is 2.30. The van der Waals surface area contributed by atoms with Crippen molar-refractivity contribution in [3.05, 3.63) is 16.5 Å². The molecule has 82 valence electrons. The van der Waals surface area contributed by atoms with Gasteiger partial charge in [-0.1, -0.05) is 27.7 Å². The maximum atomic E-state index is 5.68. The van der Waals surface area contributed by atoms with E-state index in [0.29, 0.717) is 0 Å². The van der Waals surface area contributed by atoms with Gasteiger partial charge in [0.1, 0.15) is 0 Å². The molecule has 0 amide bonds. The summed E-state index contributed by atoms with van der Waals surface area (Å²) in [4.78, 5) is 1.53.